The summed E-state index contributed by atoms with van der Waals surface area (Å²) in [5.41, 5.74) is 6.47. The molecular formula is C13H19ClFN3O. The Balaban J connectivity index is 0.00000180. The summed E-state index contributed by atoms with van der Waals surface area (Å²) in [5, 5.41) is 2.74. The lowest BCUT2D eigenvalue weighted by Crippen LogP contribution is -2.45. The van der Waals surface area contributed by atoms with E-state index in [1.807, 2.05) is 4.90 Å². The maximum absolute atomic E-state index is 12.7. The number of likely N-dealkylation sites (tertiary alicyclic amines) is 1. The van der Waals surface area contributed by atoms with Crippen LogP contribution in [0.5, 0.6) is 0 Å². The Kier molecular flexibility index (Phi) is 6.21. The van der Waals surface area contributed by atoms with Crippen molar-refractivity contribution in [3.8, 4) is 0 Å². The van der Waals surface area contributed by atoms with Gasteiger partial charge in [0.05, 0.1) is 6.54 Å². The fraction of sp³-hybridized carbons (Fsp3) is 0.462. The van der Waals surface area contributed by atoms with Crippen molar-refractivity contribution in [3.05, 3.63) is 30.1 Å². The molecule has 1 aromatic carbocycles. The Labute approximate surface area is 118 Å². The monoisotopic (exact) mass is 287 g/mol. The molecule has 0 saturated carbocycles. The second-order valence-corrected chi connectivity index (χ2v) is 4.69. The molecule has 19 heavy (non-hydrogen) atoms. The molecule has 1 heterocycles. The molecule has 2 rings (SSSR count). The third-order valence-electron chi connectivity index (χ3n) is 3.04. The van der Waals surface area contributed by atoms with Crippen LogP contribution in [-0.4, -0.2) is 36.5 Å². The van der Waals surface area contributed by atoms with Gasteiger partial charge in [-0.2, -0.15) is 0 Å². The van der Waals surface area contributed by atoms with E-state index in [4.69, 9.17) is 5.73 Å². The van der Waals surface area contributed by atoms with Crippen molar-refractivity contribution >= 4 is 24.0 Å². The van der Waals surface area contributed by atoms with Crippen molar-refractivity contribution in [2.45, 2.75) is 18.9 Å². The van der Waals surface area contributed by atoms with E-state index in [1.165, 1.54) is 12.1 Å². The zero-order valence-corrected chi connectivity index (χ0v) is 11.5. The highest BCUT2D eigenvalue weighted by Crippen LogP contribution is 2.10. The molecule has 1 aliphatic heterocycles. The van der Waals surface area contributed by atoms with E-state index in [0.29, 0.717) is 12.2 Å². The fourth-order valence-corrected chi connectivity index (χ4v) is 2.17. The van der Waals surface area contributed by atoms with Crippen LogP contribution in [0.25, 0.3) is 0 Å². The molecule has 1 amide bonds. The van der Waals surface area contributed by atoms with Gasteiger partial charge in [0.25, 0.3) is 0 Å². The van der Waals surface area contributed by atoms with Gasteiger partial charge >= 0.3 is 0 Å². The number of halogens is 2. The van der Waals surface area contributed by atoms with Crippen molar-refractivity contribution in [1.82, 2.24) is 4.90 Å². The molecule has 0 bridgehead atoms. The average Bonchev–Trinajstić information content (AvgIpc) is 2.32. The van der Waals surface area contributed by atoms with Crippen molar-refractivity contribution in [2.24, 2.45) is 5.73 Å². The Bertz CT molecular complexity index is 413. The average molecular weight is 288 g/mol. The number of nitrogens with two attached hydrogens (primary N) is 1. The first-order valence-electron chi connectivity index (χ1n) is 6.17. The van der Waals surface area contributed by atoms with E-state index < -0.39 is 0 Å². The largest absolute Gasteiger partial charge is 0.327 e. The molecule has 0 spiro atoms. The normalized spacial score (nSPS) is 19.6. The highest BCUT2D eigenvalue weighted by Gasteiger charge is 2.18. The molecule has 4 nitrogen and oxygen atoms in total. The SMILES string of the molecule is Cl.N[C@@H]1CCCN(CC(=O)Nc2ccc(F)cc2)C1. The molecule has 106 valence electrons. The molecule has 1 aliphatic rings. The van der Waals surface area contributed by atoms with Gasteiger partial charge in [-0.15, -0.1) is 12.4 Å². The quantitative estimate of drug-likeness (QED) is 0.888. The van der Waals surface area contributed by atoms with Gasteiger partial charge in [-0.3, -0.25) is 9.69 Å². The summed E-state index contributed by atoms with van der Waals surface area (Å²) in [4.78, 5) is 13.8. The van der Waals surface area contributed by atoms with Gasteiger partial charge in [-0.25, -0.2) is 4.39 Å². The van der Waals surface area contributed by atoms with Crippen LogP contribution < -0.4 is 11.1 Å². The molecule has 1 saturated heterocycles. The lowest BCUT2D eigenvalue weighted by molar-refractivity contribution is -0.117. The van der Waals surface area contributed by atoms with Crippen LogP contribution in [-0.2, 0) is 4.79 Å². The topological polar surface area (TPSA) is 58.4 Å². The number of nitrogens with one attached hydrogen (secondary N) is 1. The smallest absolute Gasteiger partial charge is 0.238 e. The summed E-state index contributed by atoms with van der Waals surface area (Å²) >= 11 is 0. The number of piperidine rings is 1. The highest BCUT2D eigenvalue weighted by atomic mass is 35.5. The molecule has 0 radical (unpaired) electrons. The summed E-state index contributed by atoms with van der Waals surface area (Å²) in [7, 11) is 0. The Morgan fingerprint density at radius 2 is 2.11 bits per heavy atom. The highest BCUT2D eigenvalue weighted by molar-refractivity contribution is 5.92. The third-order valence-corrected chi connectivity index (χ3v) is 3.04. The predicted molar refractivity (Wildman–Crippen MR) is 75.9 cm³/mol. The number of amides is 1. The Morgan fingerprint density at radius 3 is 2.74 bits per heavy atom. The van der Waals surface area contributed by atoms with Gasteiger partial charge < -0.3 is 11.1 Å². The molecule has 3 N–H and O–H groups in total. The summed E-state index contributed by atoms with van der Waals surface area (Å²) in [6, 6.07) is 5.92. The van der Waals surface area contributed by atoms with E-state index in [-0.39, 0.29) is 30.2 Å². The van der Waals surface area contributed by atoms with Crippen LogP contribution in [0, 0.1) is 5.82 Å². The molecule has 0 aromatic heterocycles. The summed E-state index contributed by atoms with van der Waals surface area (Å²) in [6.07, 6.45) is 2.06. The van der Waals surface area contributed by atoms with Crippen molar-refractivity contribution in [1.29, 1.82) is 0 Å². The van der Waals surface area contributed by atoms with Gasteiger partial charge in [0.1, 0.15) is 5.82 Å². The summed E-state index contributed by atoms with van der Waals surface area (Å²) < 4.78 is 12.7. The summed E-state index contributed by atoms with van der Waals surface area (Å²) in [5.74, 6) is -0.397. The number of carbonyl (C=O) groups excluding carboxylic acids is 1. The van der Waals surface area contributed by atoms with Crippen LogP contribution in [0.1, 0.15) is 12.8 Å². The van der Waals surface area contributed by atoms with Crippen molar-refractivity contribution in [2.75, 3.05) is 25.0 Å². The second kappa shape index (κ2) is 7.43. The minimum absolute atomic E-state index is 0. The third kappa shape index (κ3) is 5.14. The molecule has 1 fully saturated rings. The van der Waals surface area contributed by atoms with Gasteiger partial charge in [0.15, 0.2) is 0 Å². The van der Waals surface area contributed by atoms with Crippen LogP contribution in [0.15, 0.2) is 24.3 Å². The predicted octanol–water partition coefficient (Wildman–Crippen LogP) is 1.61. The first kappa shape index (κ1) is 15.9. The number of anilines is 1. The van der Waals surface area contributed by atoms with Crippen LogP contribution in [0.2, 0.25) is 0 Å². The van der Waals surface area contributed by atoms with Crippen molar-refractivity contribution in [3.63, 3.8) is 0 Å². The maximum atomic E-state index is 12.7. The molecule has 0 unspecified atom stereocenters. The lowest BCUT2D eigenvalue weighted by atomic mass is 10.1. The Morgan fingerprint density at radius 1 is 1.42 bits per heavy atom. The molecule has 0 aliphatic carbocycles. The van der Waals surface area contributed by atoms with E-state index in [2.05, 4.69) is 5.32 Å². The number of benzene rings is 1. The minimum Gasteiger partial charge on any atom is -0.327 e. The first-order valence-corrected chi connectivity index (χ1v) is 6.17. The first-order chi connectivity index (χ1) is 8.63. The summed E-state index contributed by atoms with van der Waals surface area (Å²) in [6.45, 7) is 2.01. The number of rotatable bonds is 3. The van der Waals surface area contributed by atoms with Crippen LogP contribution in [0.4, 0.5) is 10.1 Å². The van der Waals surface area contributed by atoms with E-state index in [9.17, 15) is 9.18 Å². The molecule has 1 aromatic rings. The van der Waals surface area contributed by atoms with E-state index in [0.717, 1.165) is 25.9 Å². The van der Waals surface area contributed by atoms with Gasteiger partial charge in [0.2, 0.25) is 5.91 Å². The van der Waals surface area contributed by atoms with Gasteiger partial charge in [0, 0.05) is 18.3 Å². The number of carbonyl (C=O) groups is 1. The van der Waals surface area contributed by atoms with E-state index >= 15 is 0 Å². The van der Waals surface area contributed by atoms with Gasteiger partial charge in [-0.05, 0) is 43.7 Å². The Hall–Kier alpha value is -1.17. The van der Waals surface area contributed by atoms with E-state index in [1.54, 1.807) is 12.1 Å². The van der Waals surface area contributed by atoms with Crippen LogP contribution >= 0.6 is 12.4 Å². The zero-order chi connectivity index (χ0) is 13.0. The molecule has 6 heteroatoms. The second-order valence-electron chi connectivity index (χ2n) is 4.69. The maximum Gasteiger partial charge on any atom is 0.238 e. The standard InChI is InChI=1S/C13H18FN3O.ClH/c14-10-3-5-12(6-4-10)16-13(18)9-17-7-1-2-11(15)8-17;/h3-6,11H,1-2,7-9,15H2,(H,16,18);1H/t11-;/m1./s1. The van der Waals surface area contributed by atoms with Crippen molar-refractivity contribution < 1.29 is 9.18 Å². The number of hydrogen-bond acceptors (Lipinski definition) is 3. The minimum atomic E-state index is -0.310. The van der Waals surface area contributed by atoms with Crippen LogP contribution in [0.3, 0.4) is 0 Å². The number of nitrogens with zero attached hydrogens (tertiary/aromatic N) is 1. The molecular weight excluding hydrogens is 269 g/mol. The zero-order valence-electron chi connectivity index (χ0n) is 10.6. The molecule has 1 atom stereocenters. The number of hydrogen-bond donors (Lipinski definition) is 2. The fourth-order valence-electron chi connectivity index (χ4n) is 2.17. The van der Waals surface area contributed by atoms with Gasteiger partial charge in [-0.1, -0.05) is 0 Å². The lowest BCUT2D eigenvalue weighted by Gasteiger charge is -2.29.